The van der Waals surface area contributed by atoms with E-state index < -0.39 is 56.9 Å². The Kier molecular flexibility index (Phi) is 20.7. The number of hydrogen-bond acceptors (Lipinski definition) is 14. The molecule has 2 aromatic carbocycles. The van der Waals surface area contributed by atoms with Crippen LogP contribution in [0.25, 0.3) is 5.52 Å². The first-order chi connectivity index (χ1) is 31.0. The zero-order valence-corrected chi connectivity index (χ0v) is 38.1. The van der Waals surface area contributed by atoms with E-state index >= 15 is 0 Å². The number of nitrogens with two attached hydrogens (primary N) is 1. The number of anilines is 1. The number of benzene rings is 2. The van der Waals surface area contributed by atoms with Gasteiger partial charge in [-0.25, -0.2) is 18.5 Å². The molecule has 4 N–H and O–H groups in total. The molecule has 3 heterocycles. The van der Waals surface area contributed by atoms with E-state index in [4.69, 9.17) is 45.1 Å². The maximum Gasteiger partial charge on any atom is 0.530 e. The smallest absolute Gasteiger partial charge is 0.402 e. The molecule has 0 radical (unpaired) electrons. The van der Waals surface area contributed by atoms with Crippen LogP contribution in [0.15, 0.2) is 60.9 Å². The molecule has 4 aromatic rings. The van der Waals surface area contributed by atoms with Crippen LogP contribution in [0.4, 0.5) is 10.2 Å². The van der Waals surface area contributed by atoms with Crippen LogP contribution in [0.3, 0.4) is 0 Å². The number of fused-ring (bicyclic) bond motifs is 1. The van der Waals surface area contributed by atoms with Gasteiger partial charge in [-0.3, -0.25) is 9.05 Å². The van der Waals surface area contributed by atoms with Crippen molar-refractivity contribution >= 4 is 30.8 Å². The molecule has 0 aliphatic carbocycles. The minimum Gasteiger partial charge on any atom is -0.402 e. The average Bonchev–Trinajstić information content (AvgIpc) is 3.83. The van der Waals surface area contributed by atoms with Crippen molar-refractivity contribution in [1.82, 2.24) is 14.6 Å². The molecule has 0 bridgehead atoms. The summed E-state index contributed by atoms with van der Waals surface area (Å²) in [6.07, 6.45) is 13.9. The first kappa shape index (κ1) is 50.8. The molecule has 18 heteroatoms. The summed E-state index contributed by atoms with van der Waals surface area (Å²) in [4.78, 5) is 3.95. The third-order valence-electron chi connectivity index (χ3n) is 11.1. The molecule has 1 unspecified atom stereocenters. The van der Waals surface area contributed by atoms with E-state index in [9.17, 15) is 29.7 Å². The summed E-state index contributed by atoms with van der Waals surface area (Å²) in [5.41, 5.74) is 4.83. The zero-order valence-electron chi connectivity index (χ0n) is 36.5. The molecule has 1 saturated heterocycles. The number of aromatic nitrogens is 3. The highest BCUT2D eigenvalue weighted by Gasteiger charge is 2.57. The summed E-state index contributed by atoms with van der Waals surface area (Å²) in [6.45, 7) is 1.13. The quantitative estimate of drug-likeness (QED) is 0.0328. The predicted molar refractivity (Wildman–Crippen MR) is 239 cm³/mol. The molecule has 1 fully saturated rings. The van der Waals surface area contributed by atoms with Gasteiger partial charge < -0.3 is 34.7 Å². The minimum absolute atomic E-state index is 0.0255. The normalized spacial score (nSPS) is 19.9. The third-order valence-corrected chi connectivity index (χ3v) is 12.8. The Balaban J connectivity index is 1.19. The van der Waals surface area contributed by atoms with Crippen molar-refractivity contribution in [1.29, 1.82) is 10.5 Å². The molecule has 0 amide bonds. The van der Waals surface area contributed by atoms with E-state index in [0.717, 1.165) is 31.7 Å². The van der Waals surface area contributed by atoms with Crippen LogP contribution in [-0.2, 0) is 34.4 Å². The summed E-state index contributed by atoms with van der Waals surface area (Å²) >= 11 is 6.37. The van der Waals surface area contributed by atoms with Gasteiger partial charge in [-0.2, -0.15) is 15.6 Å². The monoisotopic (exact) mass is 926 g/mol. The Morgan fingerprint density at radius 3 is 2.27 bits per heavy atom. The summed E-state index contributed by atoms with van der Waals surface area (Å²) in [6, 6.07) is 16.9. The highest BCUT2D eigenvalue weighted by atomic mass is 35.5. The predicted octanol–water partition coefficient (Wildman–Crippen LogP) is 9.72. The Hall–Kier alpha value is -4.19. The van der Waals surface area contributed by atoms with Crippen LogP contribution in [0, 0.1) is 28.5 Å². The lowest BCUT2D eigenvalue weighted by atomic mass is 9.96. The van der Waals surface area contributed by atoms with Crippen molar-refractivity contribution in [3.63, 3.8) is 0 Å². The van der Waals surface area contributed by atoms with E-state index in [2.05, 4.69) is 17.0 Å². The topological polar surface area (TPSA) is 217 Å². The van der Waals surface area contributed by atoms with Gasteiger partial charge in [0, 0.05) is 6.61 Å². The van der Waals surface area contributed by atoms with Gasteiger partial charge in [0.1, 0.15) is 60.5 Å². The number of unbranched alkanes of at least 4 members (excludes halogenated alkanes) is 14. The lowest BCUT2D eigenvalue weighted by molar-refractivity contribution is -0.0784. The van der Waals surface area contributed by atoms with Gasteiger partial charge in [0.15, 0.2) is 5.82 Å². The van der Waals surface area contributed by atoms with Gasteiger partial charge in [0.05, 0.1) is 42.2 Å². The van der Waals surface area contributed by atoms with Gasteiger partial charge in [-0.1, -0.05) is 121 Å². The number of aliphatic hydroxyl groups excluding tert-OH is 2. The number of halogens is 2. The van der Waals surface area contributed by atoms with Crippen LogP contribution in [-0.4, -0.2) is 75.2 Å². The van der Waals surface area contributed by atoms with Gasteiger partial charge in [-0.15, -0.1) is 0 Å². The summed E-state index contributed by atoms with van der Waals surface area (Å²) in [5, 5.41) is 46.4. The molecule has 0 spiro atoms. The number of nitrogen functional groups attached to an aromatic ring is 1. The third kappa shape index (κ3) is 14.9. The Morgan fingerprint density at radius 2 is 1.61 bits per heavy atom. The highest BCUT2D eigenvalue weighted by Crippen LogP contribution is 2.53. The number of nitriles is 2. The first-order valence-electron chi connectivity index (χ1n) is 22.3. The van der Waals surface area contributed by atoms with Crippen molar-refractivity contribution in [3.8, 4) is 17.9 Å². The molecule has 1 aliphatic heterocycles. The largest absolute Gasteiger partial charge is 0.530 e. The number of nitrogens with zero attached hydrogens (tertiary/aromatic N) is 5. The Morgan fingerprint density at radius 1 is 0.938 bits per heavy atom. The number of hydrogen-bond donors (Lipinski definition) is 3. The number of phosphoric ester groups is 1. The van der Waals surface area contributed by atoms with Crippen LogP contribution in [0.2, 0.25) is 5.02 Å². The molecule has 0 saturated carbocycles. The molecule has 348 valence electrons. The Bertz CT molecular complexity index is 2190. The maximum atomic E-state index is 14.5. The number of phosphoric acid groups is 1. The van der Waals surface area contributed by atoms with Crippen molar-refractivity contribution in [2.45, 2.75) is 140 Å². The molecular formula is C46H61ClFN6O9P. The SMILES string of the molecule is CCCCCCCCCCCCCCCCCOC[C@H](COP(=O)(OC[C@@]1(C#N)O[C@@H](c2ccc3c(N)ncnn23)[C@H](O)[C@@H]1O)Oc1ccccc1Cl)OCc1cc(F)cc(C#N)c1. The lowest BCUT2D eigenvalue weighted by Gasteiger charge is -2.27. The number of para-hydroxylation sites is 1. The molecule has 5 rings (SSSR count). The molecule has 1 aliphatic rings. The number of rotatable bonds is 30. The number of ether oxygens (including phenoxy) is 3. The van der Waals surface area contributed by atoms with Crippen molar-refractivity contribution in [2.24, 2.45) is 0 Å². The fraction of sp³-hybridized carbons (Fsp3) is 0.565. The van der Waals surface area contributed by atoms with Crippen molar-refractivity contribution < 1.29 is 47.0 Å². The van der Waals surface area contributed by atoms with E-state index in [1.807, 2.05) is 12.1 Å². The van der Waals surface area contributed by atoms with E-state index in [0.29, 0.717) is 17.7 Å². The van der Waals surface area contributed by atoms with Gasteiger partial charge >= 0.3 is 7.82 Å². The second-order valence-electron chi connectivity index (χ2n) is 16.1. The van der Waals surface area contributed by atoms with Crippen LogP contribution in [0.5, 0.6) is 5.75 Å². The highest BCUT2D eigenvalue weighted by molar-refractivity contribution is 7.49. The van der Waals surface area contributed by atoms with Crippen molar-refractivity contribution in [2.75, 3.05) is 32.2 Å². The van der Waals surface area contributed by atoms with Gasteiger partial charge in [-0.05, 0) is 54.4 Å². The standard InChI is InChI=1S/C46H61ClFN6O9P/c1-2-3-4-5-6-7-8-9-10-11-12-13-14-15-18-23-58-29-37(59-28-35-24-34(27-49)25-36(48)26-35)30-60-64(57,63-41-20-17-16-19-38(41)47)61-32-46(31-50)44(56)42(55)43(62-46)39-21-22-40-45(51)52-33-53-54(39)40/h16-17,19-22,24-26,33,37,42-44,55-56H,2-15,18,23,28-30,32H2,1H3,(H2,51,52,53)/t37-,42+,43+,44+,46-,64?/m1/s1. The first-order valence-corrected chi connectivity index (χ1v) is 24.1. The summed E-state index contributed by atoms with van der Waals surface area (Å²) < 4.78 is 65.7. The van der Waals surface area contributed by atoms with E-state index in [1.54, 1.807) is 24.3 Å². The molecule has 64 heavy (non-hydrogen) atoms. The fourth-order valence-corrected chi connectivity index (χ4v) is 9.01. The average molecular weight is 927 g/mol. The molecular weight excluding hydrogens is 866 g/mol. The Labute approximate surface area is 380 Å². The van der Waals surface area contributed by atoms with Crippen LogP contribution < -0.4 is 10.3 Å². The number of aliphatic hydroxyl groups is 2. The maximum absolute atomic E-state index is 14.5. The van der Waals surface area contributed by atoms with Gasteiger partial charge in [0.2, 0.25) is 5.60 Å². The van der Waals surface area contributed by atoms with Crippen molar-refractivity contribution in [3.05, 3.63) is 88.6 Å². The van der Waals surface area contributed by atoms with Crippen LogP contribution in [0.1, 0.15) is 126 Å². The lowest BCUT2D eigenvalue weighted by Crippen LogP contribution is -2.45. The fourth-order valence-electron chi connectivity index (χ4n) is 7.50. The van der Waals surface area contributed by atoms with Crippen LogP contribution >= 0.6 is 19.4 Å². The van der Waals surface area contributed by atoms with E-state index in [1.165, 1.54) is 106 Å². The molecule has 15 nitrogen and oxygen atoms in total. The zero-order chi connectivity index (χ0) is 45.8. The summed E-state index contributed by atoms with van der Waals surface area (Å²) in [7, 11) is -4.78. The second kappa shape index (κ2) is 26.1. The molecule has 2 aromatic heterocycles. The minimum atomic E-state index is -4.78. The summed E-state index contributed by atoms with van der Waals surface area (Å²) in [5.74, 6) is -0.537. The van der Waals surface area contributed by atoms with E-state index in [-0.39, 0.29) is 41.1 Å². The molecule has 6 atom stereocenters. The van der Waals surface area contributed by atoms with Gasteiger partial charge in [0.25, 0.3) is 0 Å². The second-order valence-corrected chi connectivity index (χ2v) is 18.1.